The zero-order valence-corrected chi connectivity index (χ0v) is 15.8. The van der Waals surface area contributed by atoms with Gasteiger partial charge in [-0.15, -0.1) is 11.3 Å². The van der Waals surface area contributed by atoms with Gasteiger partial charge in [0.2, 0.25) is 0 Å². The standard InChI is InChI=1S/C19H19N5O2S/c1-3-23-13-8-7-11(10-14(13)24(4-2)19(23)26)22-17(25)16-15(20)12-6-5-9-21-18(12)27-16/h5-10H,3-4,20H2,1-2H3,(H,22,25). The zero-order valence-electron chi connectivity index (χ0n) is 15.0. The summed E-state index contributed by atoms with van der Waals surface area (Å²) in [5, 5.41) is 3.67. The van der Waals surface area contributed by atoms with E-state index in [-0.39, 0.29) is 11.6 Å². The number of nitrogen functional groups attached to an aromatic ring is 1. The van der Waals surface area contributed by atoms with Crippen LogP contribution in [0.15, 0.2) is 41.3 Å². The number of nitrogens with one attached hydrogen (secondary N) is 1. The number of hydrogen-bond acceptors (Lipinski definition) is 5. The van der Waals surface area contributed by atoms with E-state index in [1.54, 1.807) is 27.5 Å². The Labute approximate surface area is 159 Å². The molecule has 0 aliphatic heterocycles. The summed E-state index contributed by atoms with van der Waals surface area (Å²) in [5.41, 5.74) is 8.80. The summed E-state index contributed by atoms with van der Waals surface area (Å²) in [5.74, 6) is -0.282. The van der Waals surface area contributed by atoms with Crippen molar-refractivity contribution in [2.75, 3.05) is 11.1 Å². The minimum Gasteiger partial charge on any atom is -0.397 e. The molecule has 0 fully saturated rings. The first-order valence-corrected chi connectivity index (χ1v) is 9.54. The molecular weight excluding hydrogens is 362 g/mol. The number of benzene rings is 1. The summed E-state index contributed by atoms with van der Waals surface area (Å²) in [6, 6.07) is 9.13. The molecule has 8 heteroatoms. The van der Waals surface area contributed by atoms with Gasteiger partial charge in [0.15, 0.2) is 0 Å². The van der Waals surface area contributed by atoms with Crippen LogP contribution >= 0.6 is 11.3 Å². The Hall–Kier alpha value is -3.13. The van der Waals surface area contributed by atoms with Gasteiger partial charge in [-0.25, -0.2) is 9.78 Å². The number of anilines is 2. The van der Waals surface area contributed by atoms with Crippen molar-refractivity contribution in [3.63, 3.8) is 0 Å². The van der Waals surface area contributed by atoms with E-state index in [4.69, 9.17) is 5.73 Å². The lowest BCUT2D eigenvalue weighted by Crippen LogP contribution is -2.23. The van der Waals surface area contributed by atoms with Crippen molar-refractivity contribution in [3.05, 3.63) is 51.9 Å². The topological polar surface area (TPSA) is 94.9 Å². The molecule has 4 aromatic rings. The van der Waals surface area contributed by atoms with Crippen molar-refractivity contribution >= 4 is 49.9 Å². The van der Waals surface area contributed by atoms with Crippen molar-refractivity contribution in [2.24, 2.45) is 0 Å². The van der Waals surface area contributed by atoms with Crippen LogP contribution in [0, 0.1) is 0 Å². The Morgan fingerprint density at radius 1 is 1.19 bits per heavy atom. The highest BCUT2D eigenvalue weighted by Gasteiger charge is 2.18. The minimum atomic E-state index is -0.282. The van der Waals surface area contributed by atoms with Crippen molar-refractivity contribution in [3.8, 4) is 0 Å². The van der Waals surface area contributed by atoms with Gasteiger partial charge in [-0.2, -0.15) is 0 Å². The molecule has 7 nitrogen and oxygen atoms in total. The molecule has 4 rings (SSSR count). The van der Waals surface area contributed by atoms with Gasteiger partial charge in [-0.05, 0) is 44.2 Å². The second-order valence-electron chi connectivity index (χ2n) is 6.13. The summed E-state index contributed by atoms with van der Waals surface area (Å²) < 4.78 is 3.42. The largest absolute Gasteiger partial charge is 0.397 e. The monoisotopic (exact) mass is 381 g/mol. The number of pyridine rings is 1. The Kier molecular flexibility index (Phi) is 4.19. The quantitative estimate of drug-likeness (QED) is 0.567. The maximum absolute atomic E-state index is 12.7. The van der Waals surface area contributed by atoms with Gasteiger partial charge in [0, 0.05) is 30.4 Å². The zero-order chi connectivity index (χ0) is 19.1. The summed E-state index contributed by atoms with van der Waals surface area (Å²) >= 11 is 1.27. The lowest BCUT2D eigenvalue weighted by Gasteiger charge is -2.06. The fraction of sp³-hybridized carbons (Fsp3) is 0.211. The van der Waals surface area contributed by atoms with Crippen LogP contribution in [0.5, 0.6) is 0 Å². The van der Waals surface area contributed by atoms with Crippen molar-refractivity contribution in [2.45, 2.75) is 26.9 Å². The molecular formula is C19H19N5O2S. The highest BCUT2D eigenvalue weighted by atomic mass is 32.1. The number of amides is 1. The number of rotatable bonds is 4. The summed E-state index contributed by atoms with van der Waals surface area (Å²) in [6.45, 7) is 5.03. The molecule has 3 N–H and O–H groups in total. The van der Waals surface area contributed by atoms with Crippen LogP contribution in [-0.2, 0) is 13.1 Å². The van der Waals surface area contributed by atoms with Crippen LogP contribution in [0.3, 0.4) is 0 Å². The number of aryl methyl sites for hydroxylation is 2. The fourth-order valence-corrected chi connectivity index (χ4v) is 4.27. The number of nitrogens with zero attached hydrogens (tertiary/aromatic N) is 3. The molecule has 0 atom stereocenters. The van der Waals surface area contributed by atoms with Crippen molar-refractivity contribution in [1.82, 2.24) is 14.1 Å². The molecule has 0 spiro atoms. The van der Waals surface area contributed by atoms with Crippen LogP contribution in [0.25, 0.3) is 21.3 Å². The van der Waals surface area contributed by atoms with E-state index in [1.165, 1.54) is 11.3 Å². The molecule has 1 amide bonds. The second kappa shape index (κ2) is 6.55. The molecule has 0 bridgehead atoms. The minimum absolute atomic E-state index is 0.0432. The average Bonchev–Trinajstić information content (AvgIpc) is 3.15. The van der Waals surface area contributed by atoms with Gasteiger partial charge in [-0.3, -0.25) is 13.9 Å². The summed E-state index contributed by atoms with van der Waals surface area (Å²) in [7, 11) is 0. The number of nitrogens with two attached hydrogens (primary N) is 1. The maximum atomic E-state index is 12.7. The van der Waals surface area contributed by atoms with Crippen LogP contribution in [-0.4, -0.2) is 20.0 Å². The van der Waals surface area contributed by atoms with Crippen LogP contribution in [0.1, 0.15) is 23.5 Å². The fourth-order valence-electron chi connectivity index (χ4n) is 3.32. The lowest BCUT2D eigenvalue weighted by molar-refractivity contribution is 0.103. The smallest absolute Gasteiger partial charge is 0.329 e. The molecule has 3 aromatic heterocycles. The lowest BCUT2D eigenvalue weighted by atomic mass is 10.2. The number of aromatic nitrogens is 3. The number of thiophene rings is 1. The highest BCUT2D eigenvalue weighted by molar-refractivity contribution is 7.21. The van der Waals surface area contributed by atoms with Crippen LogP contribution < -0.4 is 16.7 Å². The molecule has 0 saturated heterocycles. The number of carbonyl (C=O) groups is 1. The van der Waals surface area contributed by atoms with E-state index in [1.807, 2.05) is 32.0 Å². The SMILES string of the molecule is CCn1c(=O)n(CC)c2cc(NC(=O)c3sc4ncccc4c3N)ccc21. The molecule has 138 valence electrons. The Morgan fingerprint density at radius 3 is 2.63 bits per heavy atom. The van der Waals surface area contributed by atoms with Crippen molar-refractivity contribution in [1.29, 1.82) is 0 Å². The first-order valence-electron chi connectivity index (χ1n) is 8.72. The third kappa shape index (κ3) is 2.69. The van der Waals surface area contributed by atoms with Crippen LogP contribution in [0.2, 0.25) is 0 Å². The Morgan fingerprint density at radius 2 is 1.93 bits per heavy atom. The molecule has 0 unspecified atom stereocenters. The van der Waals surface area contributed by atoms with Gasteiger partial charge < -0.3 is 11.1 Å². The van der Waals surface area contributed by atoms with Crippen molar-refractivity contribution < 1.29 is 4.79 Å². The third-order valence-corrected chi connectivity index (χ3v) is 5.75. The van der Waals surface area contributed by atoms with Gasteiger partial charge in [0.25, 0.3) is 5.91 Å². The van der Waals surface area contributed by atoms with E-state index >= 15 is 0 Å². The average molecular weight is 381 g/mol. The predicted octanol–water partition coefficient (Wildman–Crippen LogP) is 3.29. The van der Waals surface area contributed by atoms with E-state index in [0.717, 1.165) is 21.3 Å². The van der Waals surface area contributed by atoms with Gasteiger partial charge in [-0.1, -0.05) is 0 Å². The van der Waals surface area contributed by atoms with E-state index in [2.05, 4.69) is 10.3 Å². The third-order valence-electron chi connectivity index (χ3n) is 4.62. The van der Waals surface area contributed by atoms with E-state index in [9.17, 15) is 9.59 Å². The molecule has 27 heavy (non-hydrogen) atoms. The molecule has 1 aromatic carbocycles. The normalized spacial score (nSPS) is 11.3. The number of carbonyl (C=O) groups excluding carboxylic acids is 1. The number of hydrogen-bond donors (Lipinski definition) is 2. The molecule has 0 radical (unpaired) electrons. The first kappa shape index (κ1) is 17.3. The molecule has 0 aliphatic rings. The number of fused-ring (bicyclic) bond motifs is 2. The molecule has 0 saturated carbocycles. The van der Waals surface area contributed by atoms with Gasteiger partial charge in [0.1, 0.15) is 9.71 Å². The maximum Gasteiger partial charge on any atom is 0.329 e. The summed E-state index contributed by atoms with van der Waals surface area (Å²) in [4.78, 5) is 30.6. The molecule has 3 heterocycles. The van der Waals surface area contributed by atoms with Gasteiger partial charge >= 0.3 is 5.69 Å². The van der Waals surface area contributed by atoms with Crippen LogP contribution in [0.4, 0.5) is 11.4 Å². The first-order chi connectivity index (χ1) is 13.0. The number of imidazole rings is 1. The van der Waals surface area contributed by atoms with Gasteiger partial charge in [0.05, 0.1) is 16.7 Å². The van der Waals surface area contributed by atoms with E-state index < -0.39 is 0 Å². The summed E-state index contributed by atoms with van der Waals surface area (Å²) in [6.07, 6.45) is 1.68. The second-order valence-corrected chi connectivity index (χ2v) is 7.13. The Bertz CT molecular complexity index is 1230. The Balaban J connectivity index is 1.73. The molecule has 0 aliphatic carbocycles. The predicted molar refractivity (Wildman–Crippen MR) is 110 cm³/mol. The highest BCUT2D eigenvalue weighted by Crippen LogP contribution is 2.32. The van der Waals surface area contributed by atoms with E-state index in [0.29, 0.717) is 29.3 Å².